The van der Waals surface area contributed by atoms with Gasteiger partial charge < -0.3 is 0 Å². The van der Waals surface area contributed by atoms with Crippen LogP contribution in [-0.4, -0.2) is 4.98 Å². The maximum atomic E-state index is 8.93. The zero-order valence-corrected chi connectivity index (χ0v) is 10.4. The third-order valence-corrected chi connectivity index (χ3v) is 3.47. The predicted octanol–water partition coefficient (Wildman–Crippen LogP) is 3.55. The molecule has 0 aliphatic rings. The fourth-order valence-electron chi connectivity index (χ4n) is 1.55. The number of benzene rings is 1. The number of aryl methyl sites for hydroxylation is 1. The summed E-state index contributed by atoms with van der Waals surface area (Å²) in [5.41, 5.74) is 3.03. The molecule has 0 amide bonds. The Morgan fingerprint density at radius 1 is 1.29 bits per heavy atom. The van der Waals surface area contributed by atoms with Crippen molar-refractivity contribution in [2.45, 2.75) is 17.6 Å². The second kappa shape index (κ2) is 5.51. The van der Waals surface area contributed by atoms with E-state index in [-0.39, 0.29) is 0 Å². The van der Waals surface area contributed by atoms with Crippen molar-refractivity contribution in [1.29, 1.82) is 5.26 Å². The van der Waals surface area contributed by atoms with Crippen molar-refractivity contribution < 1.29 is 0 Å². The average Bonchev–Trinajstić information content (AvgIpc) is 2.37. The van der Waals surface area contributed by atoms with Gasteiger partial charge in [0.05, 0.1) is 0 Å². The maximum Gasteiger partial charge on any atom is 0.153 e. The Labute approximate surface area is 105 Å². The molecule has 0 radical (unpaired) electrons. The van der Waals surface area contributed by atoms with E-state index < -0.39 is 0 Å². The molecule has 0 fully saturated rings. The summed E-state index contributed by atoms with van der Waals surface area (Å²) in [5, 5.41) is 8.93. The molecule has 0 aliphatic carbocycles. The predicted molar refractivity (Wildman–Crippen MR) is 69.7 cm³/mol. The molecular weight excluding hydrogens is 228 g/mol. The van der Waals surface area contributed by atoms with Crippen LogP contribution in [0.25, 0.3) is 0 Å². The molecule has 3 heteroatoms. The van der Waals surface area contributed by atoms with Crippen LogP contribution < -0.4 is 0 Å². The highest BCUT2D eigenvalue weighted by Gasteiger charge is 2.03. The Hall–Kier alpha value is -1.79. The molecule has 0 aliphatic heterocycles. The lowest BCUT2D eigenvalue weighted by Crippen LogP contribution is -1.87. The van der Waals surface area contributed by atoms with Crippen molar-refractivity contribution in [1.82, 2.24) is 4.98 Å². The van der Waals surface area contributed by atoms with Crippen molar-refractivity contribution in [2.75, 3.05) is 0 Å². The zero-order chi connectivity index (χ0) is 12.1. The van der Waals surface area contributed by atoms with E-state index in [0.717, 1.165) is 10.6 Å². The number of pyridine rings is 1. The molecule has 0 atom stereocenters. The summed E-state index contributed by atoms with van der Waals surface area (Å²) < 4.78 is 0. The fourth-order valence-corrected chi connectivity index (χ4v) is 2.47. The Balaban J connectivity index is 2.10. The Kier molecular flexibility index (Phi) is 3.79. The van der Waals surface area contributed by atoms with E-state index in [2.05, 4.69) is 42.2 Å². The van der Waals surface area contributed by atoms with Gasteiger partial charge in [0.25, 0.3) is 0 Å². The standard InChI is InChI=1S/C14H12N2S/c1-11-4-2-5-12(8-11)10-17-14-6-3-7-16-13(14)9-15/h2-8H,10H2,1H3. The van der Waals surface area contributed by atoms with E-state index in [1.165, 1.54) is 11.1 Å². The Bertz CT molecular complexity index is 558. The minimum atomic E-state index is 0.505. The third-order valence-electron chi connectivity index (χ3n) is 2.35. The number of rotatable bonds is 3. The molecule has 0 saturated carbocycles. The molecule has 0 spiro atoms. The van der Waals surface area contributed by atoms with Crippen LogP contribution in [0.4, 0.5) is 0 Å². The largest absolute Gasteiger partial charge is 0.244 e. The lowest BCUT2D eigenvalue weighted by atomic mass is 10.2. The summed E-state index contributed by atoms with van der Waals surface area (Å²) >= 11 is 1.65. The van der Waals surface area contributed by atoms with Gasteiger partial charge in [-0.3, -0.25) is 0 Å². The lowest BCUT2D eigenvalue weighted by molar-refractivity contribution is 1.17. The molecule has 0 saturated heterocycles. The number of nitriles is 1. The number of thioether (sulfide) groups is 1. The van der Waals surface area contributed by atoms with E-state index in [1.807, 2.05) is 12.1 Å². The van der Waals surface area contributed by atoms with Crippen molar-refractivity contribution in [3.05, 3.63) is 59.4 Å². The minimum Gasteiger partial charge on any atom is -0.244 e. The highest BCUT2D eigenvalue weighted by Crippen LogP contribution is 2.24. The number of nitrogens with zero attached hydrogens (tertiary/aromatic N) is 2. The van der Waals surface area contributed by atoms with Gasteiger partial charge in [-0.25, -0.2) is 4.98 Å². The normalized spacial score (nSPS) is 9.88. The first-order valence-electron chi connectivity index (χ1n) is 5.33. The van der Waals surface area contributed by atoms with Crippen LogP contribution in [0.3, 0.4) is 0 Å². The molecule has 1 aromatic carbocycles. The van der Waals surface area contributed by atoms with Crippen molar-refractivity contribution in [3.63, 3.8) is 0 Å². The molecule has 84 valence electrons. The molecule has 17 heavy (non-hydrogen) atoms. The van der Waals surface area contributed by atoms with Gasteiger partial charge in [-0.2, -0.15) is 5.26 Å². The smallest absolute Gasteiger partial charge is 0.153 e. The van der Waals surface area contributed by atoms with Crippen LogP contribution >= 0.6 is 11.8 Å². The second-order valence-corrected chi connectivity index (χ2v) is 4.76. The first-order chi connectivity index (χ1) is 8.29. The fraction of sp³-hybridized carbons (Fsp3) is 0.143. The van der Waals surface area contributed by atoms with Crippen molar-refractivity contribution in [2.24, 2.45) is 0 Å². The highest BCUT2D eigenvalue weighted by molar-refractivity contribution is 7.98. The van der Waals surface area contributed by atoms with E-state index in [1.54, 1.807) is 18.0 Å². The quantitative estimate of drug-likeness (QED) is 0.770. The van der Waals surface area contributed by atoms with Gasteiger partial charge in [-0.05, 0) is 24.6 Å². The second-order valence-electron chi connectivity index (χ2n) is 3.74. The SMILES string of the molecule is Cc1cccc(CSc2cccnc2C#N)c1. The van der Waals surface area contributed by atoms with Crippen LogP contribution in [-0.2, 0) is 5.75 Å². The molecule has 0 bridgehead atoms. The summed E-state index contributed by atoms with van der Waals surface area (Å²) in [6.07, 6.45) is 1.65. The van der Waals surface area contributed by atoms with Gasteiger partial charge in [0.1, 0.15) is 6.07 Å². The van der Waals surface area contributed by atoms with Gasteiger partial charge in [0.2, 0.25) is 0 Å². The molecule has 1 heterocycles. The lowest BCUT2D eigenvalue weighted by Gasteiger charge is -2.03. The average molecular weight is 240 g/mol. The molecule has 0 N–H and O–H groups in total. The molecule has 0 unspecified atom stereocenters. The minimum absolute atomic E-state index is 0.505. The molecule has 2 nitrogen and oxygen atoms in total. The van der Waals surface area contributed by atoms with Crippen LogP contribution in [0.15, 0.2) is 47.5 Å². The highest BCUT2D eigenvalue weighted by atomic mass is 32.2. The molecular formula is C14H12N2S. The third kappa shape index (κ3) is 3.08. The monoisotopic (exact) mass is 240 g/mol. The van der Waals surface area contributed by atoms with Crippen LogP contribution in [0.5, 0.6) is 0 Å². The molecule has 2 rings (SSSR count). The van der Waals surface area contributed by atoms with Gasteiger partial charge in [-0.1, -0.05) is 29.8 Å². The summed E-state index contributed by atoms with van der Waals surface area (Å²) in [6, 6.07) is 14.3. The van der Waals surface area contributed by atoms with E-state index in [0.29, 0.717) is 5.69 Å². The van der Waals surface area contributed by atoms with E-state index in [4.69, 9.17) is 5.26 Å². The number of aromatic nitrogens is 1. The van der Waals surface area contributed by atoms with Gasteiger partial charge in [-0.15, -0.1) is 11.8 Å². The summed E-state index contributed by atoms with van der Waals surface area (Å²) in [5.74, 6) is 0.863. The van der Waals surface area contributed by atoms with Crippen LogP contribution in [0.2, 0.25) is 0 Å². The van der Waals surface area contributed by atoms with Gasteiger partial charge >= 0.3 is 0 Å². The first kappa shape index (κ1) is 11.7. The Morgan fingerprint density at radius 2 is 2.18 bits per heavy atom. The summed E-state index contributed by atoms with van der Waals surface area (Å²) in [4.78, 5) is 4.99. The molecule has 2 aromatic rings. The number of hydrogen-bond donors (Lipinski definition) is 0. The summed E-state index contributed by atoms with van der Waals surface area (Å²) in [6.45, 7) is 2.08. The van der Waals surface area contributed by atoms with E-state index in [9.17, 15) is 0 Å². The molecule has 1 aromatic heterocycles. The van der Waals surface area contributed by atoms with Gasteiger partial charge in [0.15, 0.2) is 5.69 Å². The zero-order valence-electron chi connectivity index (χ0n) is 9.55. The maximum absolute atomic E-state index is 8.93. The topological polar surface area (TPSA) is 36.7 Å². The van der Waals surface area contributed by atoms with E-state index >= 15 is 0 Å². The van der Waals surface area contributed by atoms with Crippen LogP contribution in [0.1, 0.15) is 16.8 Å². The van der Waals surface area contributed by atoms with Crippen molar-refractivity contribution in [3.8, 4) is 6.07 Å². The van der Waals surface area contributed by atoms with Crippen LogP contribution in [0, 0.1) is 18.3 Å². The summed E-state index contributed by atoms with van der Waals surface area (Å²) in [7, 11) is 0. The Morgan fingerprint density at radius 3 is 2.94 bits per heavy atom. The van der Waals surface area contributed by atoms with Gasteiger partial charge in [0, 0.05) is 16.8 Å². The van der Waals surface area contributed by atoms with Crippen molar-refractivity contribution >= 4 is 11.8 Å². The number of hydrogen-bond acceptors (Lipinski definition) is 3. The first-order valence-corrected chi connectivity index (χ1v) is 6.31.